The lowest BCUT2D eigenvalue weighted by Gasteiger charge is -2.23. The molecule has 0 bridgehead atoms. The van der Waals surface area contributed by atoms with E-state index in [1.54, 1.807) is 11.3 Å². The van der Waals surface area contributed by atoms with Crippen molar-refractivity contribution in [3.05, 3.63) is 22.4 Å². The average molecular weight is 311 g/mol. The number of carbonyl (C=O) groups excluding carboxylic acids is 2. The highest BCUT2D eigenvalue weighted by atomic mass is 32.1. The third kappa shape index (κ3) is 5.45. The second-order valence-corrected chi connectivity index (χ2v) is 6.04. The van der Waals surface area contributed by atoms with E-state index in [-0.39, 0.29) is 18.6 Å². The highest BCUT2D eigenvalue weighted by Gasteiger charge is 2.21. The molecule has 2 heterocycles. The first-order chi connectivity index (χ1) is 10.2. The largest absolute Gasteiger partial charge is 0.377 e. The van der Waals surface area contributed by atoms with E-state index in [9.17, 15) is 9.59 Å². The van der Waals surface area contributed by atoms with Crippen LogP contribution in [0.1, 0.15) is 17.7 Å². The first-order valence-corrected chi connectivity index (χ1v) is 7.93. The molecule has 1 aromatic rings. The van der Waals surface area contributed by atoms with Gasteiger partial charge in [-0.15, -0.1) is 11.3 Å². The van der Waals surface area contributed by atoms with Gasteiger partial charge in [0.1, 0.15) is 0 Å². The lowest BCUT2D eigenvalue weighted by molar-refractivity contribution is -0.121. The molecule has 116 valence electrons. The molecule has 6 nitrogen and oxygen atoms in total. The average Bonchev–Trinajstić information content (AvgIpc) is 3.11. The summed E-state index contributed by atoms with van der Waals surface area (Å²) in [5, 5.41) is 6.69. The number of amides is 3. The molecule has 1 aromatic heterocycles. The van der Waals surface area contributed by atoms with Gasteiger partial charge in [0, 0.05) is 31.6 Å². The predicted octanol–water partition coefficient (Wildman–Crippen LogP) is 1.18. The number of nitrogens with one attached hydrogen (secondary N) is 2. The smallest absolute Gasteiger partial charge is 0.321 e. The standard InChI is InChI=1S/C14H21N3O3S/c1-15-14(19)16-13(18)10-17(8-11-4-2-6-20-11)9-12-5-3-7-21-12/h3,5,7,11H,2,4,6,8-10H2,1H3,(H2,15,16,18,19). The molecular weight excluding hydrogens is 290 g/mol. The van der Waals surface area contributed by atoms with Crippen LogP contribution in [0.5, 0.6) is 0 Å². The molecule has 1 unspecified atom stereocenters. The fourth-order valence-electron chi connectivity index (χ4n) is 2.32. The molecule has 1 aliphatic rings. The van der Waals surface area contributed by atoms with Crippen LogP contribution in [-0.4, -0.2) is 49.7 Å². The molecule has 0 radical (unpaired) electrons. The van der Waals surface area contributed by atoms with E-state index >= 15 is 0 Å². The highest BCUT2D eigenvalue weighted by molar-refractivity contribution is 7.09. The van der Waals surface area contributed by atoms with Crippen molar-refractivity contribution in [2.24, 2.45) is 0 Å². The van der Waals surface area contributed by atoms with Gasteiger partial charge < -0.3 is 10.1 Å². The lowest BCUT2D eigenvalue weighted by atomic mass is 10.2. The Balaban J connectivity index is 1.90. The first-order valence-electron chi connectivity index (χ1n) is 7.05. The minimum atomic E-state index is -0.479. The van der Waals surface area contributed by atoms with Crippen LogP contribution in [-0.2, 0) is 16.1 Å². The lowest BCUT2D eigenvalue weighted by Crippen LogP contribution is -2.44. The van der Waals surface area contributed by atoms with Gasteiger partial charge in [-0.1, -0.05) is 6.07 Å². The summed E-state index contributed by atoms with van der Waals surface area (Å²) in [5.74, 6) is -0.302. The van der Waals surface area contributed by atoms with Gasteiger partial charge in [-0.3, -0.25) is 15.0 Å². The molecule has 1 aliphatic heterocycles. The predicted molar refractivity (Wildman–Crippen MR) is 81.2 cm³/mol. The van der Waals surface area contributed by atoms with Gasteiger partial charge in [-0.05, 0) is 24.3 Å². The van der Waals surface area contributed by atoms with E-state index in [1.165, 1.54) is 11.9 Å². The molecule has 1 fully saturated rings. The summed E-state index contributed by atoms with van der Waals surface area (Å²) >= 11 is 1.66. The summed E-state index contributed by atoms with van der Waals surface area (Å²) in [7, 11) is 1.48. The molecule has 1 saturated heterocycles. The maximum atomic E-state index is 11.9. The van der Waals surface area contributed by atoms with Gasteiger partial charge in [0.25, 0.3) is 0 Å². The Morgan fingerprint density at radius 1 is 1.52 bits per heavy atom. The van der Waals surface area contributed by atoms with Crippen LogP contribution in [0.25, 0.3) is 0 Å². The molecule has 2 rings (SSSR count). The maximum Gasteiger partial charge on any atom is 0.321 e. The number of carbonyl (C=O) groups is 2. The van der Waals surface area contributed by atoms with Crippen molar-refractivity contribution < 1.29 is 14.3 Å². The topological polar surface area (TPSA) is 70.7 Å². The van der Waals surface area contributed by atoms with Gasteiger partial charge in [0.2, 0.25) is 5.91 Å². The highest BCUT2D eigenvalue weighted by Crippen LogP contribution is 2.16. The summed E-state index contributed by atoms with van der Waals surface area (Å²) in [6.45, 7) is 2.38. The van der Waals surface area contributed by atoms with Gasteiger partial charge >= 0.3 is 6.03 Å². The summed E-state index contributed by atoms with van der Waals surface area (Å²) < 4.78 is 5.64. The number of hydrogen-bond acceptors (Lipinski definition) is 5. The molecule has 0 aromatic carbocycles. The molecule has 0 aliphatic carbocycles. The fourth-order valence-corrected chi connectivity index (χ4v) is 3.06. The van der Waals surface area contributed by atoms with Gasteiger partial charge in [-0.2, -0.15) is 0 Å². The van der Waals surface area contributed by atoms with Crippen LogP contribution >= 0.6 is 11.3 Å². The Morgan fingerprint density at radius 3 is 3.00 bits per heavy atom. The van der Waals surface area contributed by atoms with Crippen LogP contribution in [0.3, 0.4) is 0 Å². The van der Waals surface area contributed by atoms with Crippen LogP contribution < -0.4 is 10.6 Å². The van der Waals surface area contributed by atoms with E-state index < -0.39 is 6.03 Å². The summed E-state index contributed by atoms with van der Waals surface area (Å²) in [4.78, 5) is 26.3. The number of ether oxygens (including phenoxy) is 1. The van der Waals surface area contributed by atoms with Crippen molar-refractivity contribution >= 4 is 23.3 Å². The minimum absolute atomic E-state index is 0.178. The van der Waals surface area contributed by atoms with E-state index in [4.69, 9.17) is 4.74 Å². The Labute approximate surface area is 128 Å². The van der Waals surface area contributed by atoms with Crippen LogP contribution in [0, 0.1) is 0 Å². The van der Waals surface area contributed by atoms with E-state index in [1.807, 2.05) is 22.4 Å². The summed E-state index contributed by atoms with van der Waals surface area (Å²) in [6, 6.07) is 3.56. The number of nitrogens with zero attached hydrogens (tertiary/aromatic N) is 1. The van der Waals surface area contributed by atoms with Crippen molar-refractivity contribution in [3.8, 4) is 0 Å². The molecular formula is C14H21N3O3S. The monoisotopic (exact) mass is 311 g/mol. The first kappa shape index (κ1) is 15.9. The second-order valence-electron chi connectivity index (χ2n) is 5.01. The Kier molecular flexibility index (Phi) is 6.16. The van der Waals surface area contributed by atoms with Crippen molar-refractivity contribution in [2.75, 3.05) is 26.7 Å². The van der Waals surface area contributed by atoms with Gasteiger partial charge in [0.05, 0.1) is 12.6 Å². The Hall–Kier alpha value is -1.44. The van der Waals surface area contributed by atoms with E-state index in [2.05, 4.69) is 10.6 Å². The zero-order valence-corrected chi connectivity index (χ0v) is 12.9. The number of hydrogen-bond donors (Lipinski definition) is 2. The molecule has 0 spiro atoms. The third-order valence-corrected chi connectivity index (χ3v) is 4.15. The van der Waals surface area contributed by atoms with Crippen molar-refractivity contribution in [3.63, 3.8) is 0 Å². The third-order valence-electron chi connectivity index (χ3n) is 3.29. The number of imide groups is 1. The molecule has 1 atom stereocenters. The SMILES string of the molecule is CNC(=O)NC(=O)CN(Cc1cccs1)CC1CCCO1. The van der Waals surface area contributed by atoms with E-state index in [0.29, 0.717) is 13.1 Å². The van der Waals surface area contributed by atoms with Crippen molar-refractivity contribution in [1.29, 1.82) is 0 Å². The quantitative estimate of drug-likeness (QED) is 0.828. The fraction of sp³-hybridized carbons (Fsp3) is 0.571. The van der Waals surface area contributed by atoms with Gasteiger partial charge in [-0.25, -0.2) is 4.79 Å². The number of urea groups is 1. The minimum Gasteiger partial charge on any atom is -0.377 e. The Morgan fingerprint density at radius 2 is 2.38 bits per heavy atom. The summed E-state index contributed by atoms with van der Waals surface area (Å²) in [6.07, 6.45) is 2.28. The van der Waals surface area contributed by atoms with E-state index in [0.717, 1.165) is 19.4 Å². The number of thiophene rings is 1. The van der Waals surface area contributed by atoms with Crippen LogP contribution in [0.2, 0.25) is 0 Å². The van der Waals surface area contributed by atoms with Crippen molar-refractivity contribution in [1.82, 2.24) is 15.5 Å². The molecule has 0 saturated carbocycles. The Bertz CT molecular complexity index is 458. The van der Waals surface area contributed by atoms with Crippen LogP contribution in [0.15, 0.2) is 17.5 Å². The zero-order chi connectivity index (χ0) is 15.1. The number of rotatable bonds is 6. The zero-order valence-electron chi connectivity index (χ0n) is 12.1. The van der Waals surface area contributed by atoms with Crippen molar-refractivity contribution in [2.45, 2.75) is 25.5 Å². The summed E-state index contributed by atoms with van der Waals surface area (Å²) in [5.41, 5.74) is 0. The molecule has 3 amide bonds. The molecule has 2 N–H and O–H groups in total. The molecule has 21 heavy (non-hydrogen) atoms. The van der Waals surface area contributed by atoms with Gasteiger partial charge in [0.15, 0.2) is 0 Å². The normalized spacial score (nSPS) is 17.9. The van der Waals surface area contributed by atoms with Crippen LogP contribution in [0.4, 0.5) is 4.79 Å². The maximum absolute atomic E-state index is 11.9. The second kappa shape index (κ2) is 8.11. The molecule has 7 heteroatoms.